The Morgan fingerprint density at radius 3 is 2.26 bits per heavy atom. The normalized spacial score (nSPS) is 13.1. The Kier molecular flexibility index (Phi) is 5.22. The van der Waals surface area contributed by atoms with Crippen molar-refractivity contribution in [2.75, 3.05) is 14.2 Å². The summed E-state index contributed by atoms with van der Waals surface area (Å²) in [6, 6.07) is 9.36. The second-order valence-electron chi connectivity index (χ2n) is 5.75. The van der Waals surface area contributed by atoms with Gasteiger partial charge in [0.2, 0.25) is 0 Å². The minimum Gasteiger partial charge on any atom is -0.497 e. The molecular formula is C18H16N2O6S. The van der Waals surface area contributed by atoms with Crippen LogP contribution in [0.5, 0.6) is 11.5 Å². The molecular weight excluding hydrogens is 372 g/mol. The molecule has 2 aromatic carbocycles. The average molecular weight is 388 g/mol. The lowest BCUT2D eigenvalue weighted by Crippen LogP contribution is -2.26. The van der Waals surface area contributed by atoms with E-state index in [1.54, 1.807) is 24.3 Å². The molecule has 0 bridgehead atoms. The number of rotatable bonds is 7. The van der Waals surface area contributed by atoms with Crippen molar-refractivity contribution in [3.8, 4) is 11.5 Å². The highest BCUT2D eigenvalue weighted by Crippen LogP contribution is 2.40. The van der Waals surface area contributed by atoms with Gasteiger partial charge in [0.15, 0.2) is 0 Å². The largest absolute Gasteiger partial charge is 0.497 e. The Balaban J connectivity index is 2.15. The number of hydrogen-bond donors (Lipinski definition) is 2. The number of carboxylic acid groups (broad SMARTS) is 2. The van der Waals surface area contributed by atoms with Crippen LogP contribution in [0.15, 0.2) is 36.4 Å². The molecule has 8 nitrogen and oxygen atoms in total. The monoisotopic (exact) mass is 388 g/mol. The molecule has 0 amide bonds. The van der Waals surface area contributed by atoms with Gasteiger partial charge >= 0.3 is 11.9 Å². The fourth-order valence-corrected chi connectivity index (χ4v) is 3.52. The number of benzene rings is 2. The van der Waals surface area contributed by atoms with E-state index in [0.717, 1.165) is 11.7 Å². The van der Waals surface area contributed by atoms with Crippen molar-refractivity contribution in [1.29, 1.82) is 0 Å². The van der Waals surface area contributed by atoms with Crippen LogP contribution in [0, 0.1) is 0 Å². The third-order valence-corrected chi connectivity index (χ3v) is 4.83. The lowest BCUT2D eigenvalue weighted by Gasteiger charge is -2.23. The molecule has 0 saturated heterocycles. The molecule has 0 spiro atoms. The van der Waals surface area contributed by atoms with Gasteiger partial charge < -0.3 is 19.7 Å². The number of nitrogens with zero attached hydrogens (tertiary/aromatic N) is 2. The summed E-state index contributed by atoms with van der Waals surface area (Å²) in [4.78, 5) is 24.1. The van der Waals surface area contributed by atoms with Crippen LogP contribution in [0.4, 0.5) is 0 Å². The number of hydrogen-bond acceptors (Lipinski definition) is 7. The fraction of sp³-hybridized carbons (Fsp3) is 0.222. The maximum Gasteiger partial charge on any atom is 0.312 e. The van der Waals surface area contributed by atoms with Crippen LogP contribution in [-0.2, 0) is 9.59 Å². The topological polar surface area (TPSA) is 119 Å². The average Bonchev–Trinajstić information content (AvgIpc) is 3.12. The van der Waals surface area contributed by atoms with Crippen molar-refractivity contribution >= 4 is 34.7 Å². The van der Waals surface area contributed by atoms with Crippen molar-refractivity contribution in [3.05, 3.63) is 47.5 Å². The fourth-order valence-electron chi connectivity index (χ4n) is 3.00. The van der Waals surface area contributed by atoms with Crippen LogP contribution < -0.4 is 9.47 Å². The van der Waals surface area contributed by atoms with Gasteiger partial charge in [0.05, 0.1) is 31.9 Å². The first-order valence-corrected chi connectivity index (χ1v) is 8.59. The van der Waals surface area contributed by atoms with Crippen molar-refractivity contribution in [3.63, 3.8) is 0 Å². The van der Waals surface area contributed by atoms with Gasteiger partial charge in [-0.3, -0.25) is 9.59 Å². The maximum atomic E-state index is 12.1. The van der Waals surface area contributed by atoms with Gasteiger partial charge in [0.25, 0.3) is 0 Å². The van der Waals surface area contributed by atoms with Crippen LogP contribution in [-0.4, -0.2) is 45.1 Å². The summed E-state index contributed by atoms with van der Waals surface area (Å²) in [5.74, 6) is -4.53. The van der Waals surface area contributed by atoms with Gasteiger partial charge in [-0.25, -0.2) is 0 Å². The Morgan fingerprint density at radius 1 is 0.926 bits per heavy atom. The second-order valence-corrected chi connectivity index (χ2v) is 6.28. The van der Waals surface area contributed by atoms with Crippen molar-refractivity contribution < 1.29 is 29.3 Å². The first-order valence-electron chi connectivity index (χ1n) is 7.86. The zero-order valence-electron chi connectivity index (χ0n) is 14.4. The highest BCUT2D eigenvalue weighted by atomic mass is 32.1. The third-order valence-electron chi connectivity index (χ3n) is 4.28. The third kappa shape index (κ3) is 3.54. The quantitative estimate of drug-likeness (QED) is 0.634. The molecule has 140 valence electrons. The van der Waals surface area contributed by atoms with Crippen LogP contribution >= 0.6 is 11.7 Å². The van der Waals surface area contributed by atoms with Gasteiger partial charge in [-0.1, -0.05) is 12.1 Å². The molecule has 1 heterocycles. The number of methoxy groups -OCH3 is 2. The lowest BCUT2D eigenvalue weighted by atomic mass is 9.81. The molecule has 0 aliphatic heterocycles. The van der Waals surface area contributed by atoms with E-state index in [4.69, 9.17) is 9.47 Å². The van der Waals surface area contributed by atoms with E-state index in [0.29, 0.717) is 22.3 Å². The maximum absolute atomic E-state index is 12.1. The molecule has 0 aliphatic carbocycles. The van der Waals surface area contributed by atoms with E-state index in [1.165, 1.54) is 26.4 Å². The molecule has 2 atom stereocenters. The summed E-state index contributed by atoms with van der Waals surface area (Å²) in [6.45, 7) is 0. The summed E-state index contributed by atoms with van der Waals surface area (Å²) in [6.07, 6.45) is 0. The number of carbonyl (C=O) groups is 2. The first kappa shape index (κ1) is 18.6. The molecule has 1 aromatic heterocycles. The van der Waals surface area contributed by atoms with Crippen LogP contribution in [0.2, 0.25) is 0 Å². The number of carboxylic acids is 2. The standard InChI is InChI=1S/C18H16N2O6S/c1-25-10-4-5-11(14(8-10)26-2)16(18(23)24)15(17(21)22)9-3-6-12-13(7-9)20-27-19-12/h3-8,15-16H,1-2H3,(H,21,22)(H,23,24). The highest BCUT2D eigenvalue weighted by Gasteiger charge is 2.38. The Bertz CT molecular complexity index is 1000. The van der Waals surface area contributed by atoms with Gasteiger partial charge in [-0.15, -0.1) is 0 Å². The predicted molar refractivity (Wildman–Crippen MR) is 97.7 cm³/mol. The van der Waals surface area contributed by atoms with Crippen LogP contribution in [0.3, 0.4) is 0 Å². The summed E-state index contributed by atoms with van der Waals surface area (Å²) >= 11 is 1.01. The van der Waals surface area contributed by atoms with E-state index in [1.807, 2.05) is 0 Å². The summed E-state index contributed by atoms with van der Waals surface area (Å²) in [7, 11) is 2.86. The van der Waals surface area contributed by atoms with Gasteiger partial charge in [-0.2, -0.15) is 8.75 Å². The Hall–Kier alpha value is -3.20. The zero-order valence-corrected chi connectivity index (χ0v) is 15.3. The molecule has 0 saturated carbocycles. The Labute approximate surface area is 158 Å². The summed E-state index contributed by atoms with van der Waals surface area (Å²) in [5.41, 5.74) is 1.72. The molecule has 27 heavy (non-hydrogen) atoms. The van der Waals surface area contributed by atoms with Crippen molar-refractivity contribution in [2.24, 2.45) is 0 Å². The Morgan fingerprint density at radius 2 is 1.63 bits per heavy atom. The zero-order chi connectivity index (χ0) is 19.6. The first-order chi connectivity index (χ1) is 13.0. The molecule has 2 unspecified atom stereocenters. The molecule has 9 heteroatoms. The molecule has 3 rings (SSSR count). The van der Waals surface area contributed by atoms with E-state index in [2.05, 4.69) is 8.75 Å². The van der Waals surface area contributed by atoms with E-state index < -0.39 is 23.8 Å². The van der Waals surface area contributed by atoms with Gasteiger partial charge in [-0.05, 0) is 23.8 Å². The number of fused-ring (bicyclic) bond motifs is 1. The minimum absolute atomic E-state index is 0.240. The summed E-state index contributed by atoms with van der Waals surface area (Å²) < 4.78 is 18.6. The van der Waals surface area contributed by atoms with Crippen LogP contribution in [0.1, 0.15) is 23.0 Å². The van der Waals surface area contributed by atoms with Crippen LogP contribution in [0.25, 0.3) is 11.0 Å². The molecule has 0 radical (unpaired) electrons. The highest BCUT2D eigenvalue weighted by molar-refractivity contribution is 7.00. The van der Waals surface area contributed by atoms with Gasteiger partial charge in [0, 0.05) is 11.6 Å². The molecule has 0 fully saturated rings. The number of ether oxygens (including phenoxy) is 2. The number of aliphatic carboxylic acids is 2. The lowest BCUT2D eigenvalue weighted by molar-refractivity contribution is -0.147. The second kappa shape index (κ2) is 7.58. The molecule has 2 N–H and O–H groups in total. The minimum atomic E-state index is -1.37. The van der Waals surface area contributed by atoms with E-state index in [9.17, 15) is 19.8 Å². The molecule has 0 aliphatic rings. The SMILES string of the molecule is COc1ccc(C(C(=O)O)C(C(=O)O)c2ccc3nsnc3c2)c(OC)c1. The summed E-state index contributed by atoms with van der Waals surface area (Å²) in [5, 5.41) is 19.7. The van der Waals surface area contributed by atoms with Crippen molar-refractivity contribution in [2.45, 2.75) is 11.8 Å². The van der Waals surface area contributed by atoms with Gasteiger partial charge in [0.1, 0.15) is 28.5 Å². The predicted octanol–water partition coefficient (Wildman–Crippen LogP) is 2.75. The smallest absolute Gasteiger partial charge is 0.312 e. The van der Waals surface area contributed by atoms with E-state index in [-0.39, 0.29) is 11.3 Å². The number of aromatic nitrogens is 2. The van der Waals surface area contributed by atoms with Crippen molar-refractivity contribution in [1.82, 2.24) is 8.75 Å². The molecule has 3 aromatic rings. The van der Waals surface area contributed by atoms with E-state index >= 15 is 0 Å².